The van der Waals surface area contributed by atoms with Crippen LogP contribution in [-0.2, 0) is 24.1 Å². The average Bonchev–Trinajstić information content (AvgIpc) is 3.14. The maximum absolute atomic E-state index is 12.5. The number of hydrogen-bond donors (Lipinski definition) is 2. The van der Waals surface area contributed by atoms with Gasteiger partial charge in [-0.05, 0) is 57.3 Å². The summed E-state index contributed by atoms with van der Waals surface area (Å²) in [5, 5.41) is 12.0. The van der Waals surface area contributed by atoms with Gasteiger partial charge in [-0.1, -0.05) is 12.8 Å². The lowest BCUT2D eigenvalue weighted by atomic mass is 9.96. The zero-order valence-electron chi connectivity index (χ0n) is 16.1. The molecule has 0 fully saturated rings. The van der Waals surface area contributed by atoms with Gasteiger partial charge in [0.1, 0.15) is 5.00 Å². The van der Waals surface area contributed by atoms with E-state index in [0.717, 1.165) is 54.2 Å². The minimum absolute atomic E-state index is 0.298. The van der Waals surface area contributed by atoms with E-state index in [0.29, 0.717) is 10.7 Å². The molecule has 146 valence electrons. The van der Waals surface area contributed by atoms with Crippen LogP contribution < -0.4 is 10.6 Å². The number of fused-ring (bicyclic) bond motifs is 1. The van der Waals surface area contributed by atoms with Gasteiger partial charge in [-0.3, -0.25) is 4.68 Å². The Morgan fingerprint density at radius 3 is 2.70 bits per heavy atom. The lowest BCUT2D eigenvalue weighted by Crippen LogP contribution is -2.20. The normalized spacial score (nSPS) is 14.0. The molecule has 0 atom stereocenters. The number of anilines is 2. The lowest BCUT2D eigenvalue weighted by Gasteiger charge is -2.12. The molecule has 2 aromatic heterocycles. The van der Waals surface area contributed by atoms with E-state index in [1.807, 2.05) is 18.5 Å². The van der Waals surface area contributed by atoms with Crippen LogP contribution in [0.4, 0.5) is 10.7 Å². The third-order valence-electron chi connectivity index (χ3n) is 4.94. The molecule has 6 nitrogen and oxygen atoms in total. The van der Waals surface area contributed by atoms with Crippen molar-refractivity contribution in [2.45, 2.75) is 58.9 Å². The molecule has 1 aliphatic rings. The minimum atomic E-state index is -0.298. The molecule has 0 aliphatic heterocycles. The highest BCUT2D eigenvalue weighted by Gasteiger charge is 2.25. The Hall–Kier alpha value is -1.93. The Labute approximate surface area is 169 Å². The number of aromatic nitrogens is 2. The van der Waals surface area contributed by atoms with E-state index >= 15 is 0 Å². The van der Waals surface area contributed by atoms with Gasteiger partial charge in [-0.25, -0.2) is 4.79 Å². The van der Waals surface area contributed by atoms with Crippen molar-refractivity contribution in [3.63, 3.8) is 0 Å². The minimum Gasteiger partial charge on any atom is -0.465 e. The molecule has 0 saturated heterocycles. The van der Waals surface area contributed by atoms with Crippen molar-refractivity contribution in [2.75, 3.05) is 17.7 Å². The van der Waals surface area contributed by atoms with Crippen LogP contribution in [0.3, 0.4) is 0 Å². The molecular weight excluding hydrogens is 380 g/mol. The van der Waals surface area contributed by atoms with Gasteiger partial charge < -0.3 is 15.4 Å². The second-order valence-electron chi connectivity index (χ2n) is 6.65. The number of nitrogens with zero attached hydrogens (tertiary/aromatic N) is 2. The summed E-state index contributed by atoms with van der Waals surface area (Å²) in [6.45, 7) is 4.85. The van der Waals surface area contributed by atoms with Gasteiger partial charge in [0.05, 0.1) is 30.3 Å². The van der Waals surface area contributed by atoms with E-state index in [1.165, 1.54) is 24.8 Å². The predicted octanol–water partition coefficient (Wildman–Crippen LogP) is 4.53. The molecule has 3 rings (SSSR count). The molecule has 0 amide bonds. The average molecular weight is 407 g/mol. The van der Waals surface area contributed by atoms with Gasteiger partial charge in [0.25, 0.3) is 0 Å². The molecule has 0 spiro atoms. The highest BCUT2D eigenvalue weighted by atomic mass is 32.1. The monoisotopic (exact) mass is 406 g/mol. The first-order valence-corrected chi connectivity index (χ1v) is 10.6. The maximum Gasteiger partial charge on any atom is 0.341 e. The number of aryl methyl sites for hydroxylation is 2. The molecule has 0 radical (unpaired) electrons. The Bertz CT molecular complexity index is 841. The summed E-state index contributed by atoms with van der Waals surface area (Å²) in [4.78, 5) is 13.7. The first kappa shape index (κ1) is 19.8. The van der Waals surface area contributed by atoms with Gasteiger partial charge in [-0.15, -0.1) is 11.3 Å². The van der Waals surface area contributed by atoms with Crippen molar-refractivity contribution < 1.29 is 9.53 Å². The van der Waals surface area contributed by atoms with E-state index in [2.05, 4.69) is 15.7 Å². The van der Waals surface area contributed by atoms with Crippen molar-refractivity contribution in [1.82, 2.24) is 9.78 Å². The summed E-state index contributed by atoms with van der Waals surface area (Å²) in [7, 11) is 1.43. The van der Waals surface area contributed by atoms with Crippen LogP contribution in [0.5, 0.6) is 0 Å². The SMILES string of the molecule is CCn1ncc(NC(=S)Nc2sc3c(c2C(=O)OC)CCCCCC3)c1C. The summed E-state index contributed by atoms with van der Waals surface area (Å²) in [5.74, 6) is -0.298. The standard InChI is InChI=1S/C19H26N4O2S2/c1-4-23-12(2)14(11-20-23)21-19(26)22-17-16(18(24)25-3)13-9-7-5-6-8-10-15(13)27-17/h11H,4-10H2,1-3H3,(H2,21,22,26). The quantitative estimate of drug-likeness (QED) is 0.574. The molecule has 27 heavy (non-hydrogen) atoms. The molecule has 2 aromatic rings. The molecule has 0 unspecified atom stereocenters. The number of carbonyl (C=O) groups is 1. The maximum atomic E-state index is 12.5. The molecule has 0 saturated carbocycles. The Morgan fingerprint density at radius 2 is 2.04 bits per heavy atom. The van der Waals surface area contributed by atoms with Crippen LogP contribution in [0.15, 0.2) is 6.20 Å². The fraction of sp³-hybridized carbons (Fsp3) is 0.526. The second-order valence-corrected chi connectivity index (χ2v) is 8.17. The highest BCUT2D eigenvalue weighted by Crippen LogP contribution is 2.37. The van der Waals surface area contributed by atoms with E-state index in [9.17, 15) is 4.79 Å². The van der Waals surface area contributed by atoms with Crippen molar-refractivity contribution in [1.29, 1.82) is 0 Å². The third kappa shape index (κ3) is 4.32. The lowest BCUT2D eigenvalue weighted by molar-refractivity contribution is 0.0601. The van der Waals surface area contributed by atoms with Gasteiger partial charge in [0.2, 0.25) is 0 Å². The van der Waals surface area contributed by atoms with E-state index in [-0.39, 0.29) is 5.97 Å². The van der Waals surface area contributed by atoms with Crippen molar-refractivity contribution in [3.8, 4) is 0 Å². The largest absolute Gasteiger partial charge is 0.465 e. The van der Waals surface area contributed by atoms with Crippen molar-refractivity contribution >= 4 is 45.3 Å². The van der Waals surface area contributed by atoms with Crippen LogP contribution in [-0.4, -0.2) is 28.0 Å². The predicted molar refractivity (Wildman–Crippen MR) is 114 cm³/mol. The molecule has 1 aliphatic carbocycles. The molecule has 2 heterocycles. The van der Waals surface area contributed by atoms with Gasteiger partial charge in [0.15, 0.2) is 5.11 Å². The number of methoxy groups -OCH3 is 1. The van der Waals surface area contributed by atoms with Crippen LogP contribution in [0, 0.1) is 6.92 Å². The molecule has 0 bridgehead atoms. The zero-order valence-corrected chi connectivity index (χ0v) is 17.7. The molecule has 0 aromatic carbocycles. The Balaban J connectivity index is 1.84. The topological polar surface area (TPSA) is 68.2 Å². The van der Waals surface area contributed by atoms with Crippen molar-refractivity contribution in [2.24, 2.45) is 0 Å². The first-order chi connectivity index (χ1) is 13.0. The fourth-order valence-corrected chi connectivity index (χ4v) is 5.03. The summed E-state index contributed by atoms with van der Waals surface area (Å²) >= 11 is 7.12. The number of ether oxygens (including phenoxy) is 1. The smallest absolute Gasteiger partial charge is 0.341 e. The number of carbonyl (C=O) groups excluding carboxylic acids is 1. The summed E-state index contributed by atoms with van der Waals surface area (Å²) < 4.78 is 6.97. The van der Waals surface area contributed by atoms with Crippen LogP contribution >= 0.6 is 23.6 Å². The number of esters is 1. The van der Waals surface area contributed by atoms with E-state index in [4.69, 9.17) is 17.0 Å². The van der Waals surface area contributed by atoms with E-state index < -0.39 is 0 Å². The highest BCUT2D eigenvalue weighted by molar-refractivity contribution is 7.80. The van der Waals surface area contributed by atoms with Crippen LogP contribution in [0.25, 0.3) is 0 Å². The fourth-order valence-electron chi connectivity index (χ4n) is 3.47. The number of nitrogens with one attached hydrogen (secondary N) is 2. The Kier molecular flexibility index (Phi) is 6.49. The number of thiophene rings is 1. The summed E-state index contributed by atoms with van der Waals surface area (Å²) in [6, 6.07) is 0. The first-order valence-electron chi connectivity index (χ1n) is 9.38. The van der Waals surface area contributed by atoms with Gasteiger partial charge >= 0.3 is 5.97 Å². The summed E-state index contributed by atoms with van der Waals surface area (Å²) in [5.41, 5.74) is 3.66. The zero-order chi connectivity index (χ0) is 19.4. The molecule has 2 N–H and O–H groups in total. The molecule has 8 heteroatoms. The van der Waals surface area contributed by atoms with Crippen LogP contribution in [0.1, 0.15) is 59.1 Å². The van der Waals surface area contributed by atoms with Gasteiger partial charge in [-0.2, -0.15) is 5.10 Å². The molecular formula is C19H26N4O2S2. The van der Waals surface area contributed by atoms with Gasteiger partial charge in [0, 0.05) is 11.4 Å². The summed E-state index contributed by atoms with van der Waals surface area (Å²) in [6.07, 6.45) is 8.40. The number of thiocarbonyl (C=S) groups is 1. The number of hydrogen-bond acceptors (Lipinski definition) is 5. The number of rotatable bonds is 4. The second kappa shape index (κ2) is 8.84. The van der Waals surface area contributed by atoms with E-state index in [1.54, 1.807) is 17.5 Å². The Morgan fingerprint density at radius 1 is 1.30 bits per heavy atom. The third-order valence-corrected chi connectivity index (χ3v) is 6.35. The van der Waals surface area contributed by atoms with Crippen molar-refractivity contribution in [3.05, 3.63) is 27.9 Å². The van der Waals surface area contributed by atoms with Crippen LogP contribution in [0.2, 0.25) is 0 Å².